The van der Waals surface area contributed by atoms with Crippen molar-refractivity contribution in [1.29, 1.82) is 5.26 Å². The van der Waals surface area contributed by atoms with Gasteiger partial charge >= 0.3 is 9.28 Å². The summed E-state index contributed by atoms with van der Waals surface area (Å²) in [6, 6.07) is 14.9. The van der Waals surface area contributed by atoms with Gasteiger partial charge in [-0.3, -0.25) is 0 Å². The molecule has 0 aliphatic heterocycles. The second-order valence-corrected chi connectivity index (χ2v) is 7.24. The van der Waals surface area contributed by atoms with Crippen LogP contribution in [0.5, 0.6) is 0 Å². The molecule has 0 aromatic heterocycles. The van der Waals surface area contributed by atoms with Crippen molar-refractivity contribution in [2.45, 2.75) is 27.2 Å². The van der Waals surface area contributed by atoms with Crippen LogP contribution in [0.15, 0.2) is 36.4 Å². The largest absolute Gasteiger partial charge is 0.394 e. The Bertz CT molecular complexity index is 660. The van der Waals surface area contributed by atoms with Crippen LogP contribution in [-0.2, 0) is 15.3 Å². The molecule has 2 aromatic rings. The molecule has 2 rings (SSSR count). The van der Waals surface area contributed by atoms with Gasteiger partial charge in [-0.1, -0.05) is 36.4 Å². The fourth-order valence-corrected chi connectivity index (χ4v) is 4.76. The van der Waals surface area contributed by atoms with E-state index in [1.807, 2.05) is 32.9 Å². The zero-order valence-electron chi connectivity index (χ0n) is 13.5. The SMILES string of the molecule is CCO[SiH](OCC)c1c(CC(C)C#N)ccc2ccccc12. The average molecular weight is 313 g/mol. The summed E-state index contributed by atoms with van der Waals surface area (Å²) in [4.78, 5) is 0. The maximum Gasteiger partial charge on any atom is 0.356 e. The van der Waals surface area contributed by atoms with Gasteiger partial charge in [-0.05, 0) is 43.5 Å². The number of hydrogen-bond donors (Lipinski definition) is 0. The van der Waals surface area contributed by atoms with E-state index in [-0.39, 0.29) is 5.92 Å². The lowest BCUT2D eigenvalue weighted by atomic mass is 9.99. The second kappa shape index (κ2) is 8.09. The van der Waals surface area contributed by atoms with Crippen LogP contribution >= 0.6 is 0 Å². The molecule has 4 heteroatoms. The van der Waals surface area contributed by atoms with Gasteiger partial charge in [-0.15, -0.1) is 0 Å². The van der Waals surface area contributed by atoms with Gasteiger partial charge in [0.15, 0.2) is 0 Å². The molecular formula is C18H23NO2Si. The third kappa shape index (κ3) is 3.75. The summed E-state index contributed by atoms with van der Waals surface area (Å²) in [5, 5.41) is 12.7. The quantitative estimate of drug-likeness (QED) is 0.738. The molecule has 0 fully saturated rings. The van der Waals surface area contributed by atoms with Crippen molar-refractivity contribution in [3.05, 3.63) is 42.0 Å². The summed E-state index contributed by atoms with van der Waals surface area (Å²) >= 11 is 0. The molecule has 0 aliphatic rings. The van der Waals surface area contributed by atoms with Crippen LogP contribution in [0.4, 0.5) is 0 Å². The van der Waals surface area contributed by atoms with E-state index in [1.165, 1.54) is 21.5 Å². The van der Waals surface area contributed by atoms with Gasteiger partial charge in [0.1, 0.15) is 0 Å². The Morgan fingerprint density at radius 3 is 2.41 bits per heavy atom. The zero-order valence-corrected chi connectivity index (χ0v) is 14.7. The molecule has 0 saturated heterocycles. The minimum Gasteiger partial charge on any atom is -0.394 e. The first-order valence-electron chi connectivity index (χ1n) is 7.84. The zero-order chi connectivity index (χ0) is 15.9. The van der Waals surface area contributed by atoms with Gasteiger partial charge in [0.05, 0.1) is 6.07 Å². The molecule has 22 heavy (non-hydrogen) atoms. The number of hydrogen-bond acceptors (Lipinski definition) is 3. The van der Waals surface area contributed by atoms with Crippen molar-refractivity contribution in [1.82, 2.24) is 0 Å². The molecule has 1 unspecified atom stereocenters. The Morgan fingerprint density at radius 1 is 1.09 bits per heavy atom. The van der Waals surface area contributed by atoms with E-state index in [2.05, 4.69) is 30.3 Å². The van der Waals surface area contributed by atoms with Crippen LogP contribution in [0.3, 0.4) is 0 Å². The van der Waals surface area contributed by atoms with Crippen LogP contribution in [-0.4, -0.2) is 22.5 Å². The van der Waals surface area contributed by atoms with Crippen LogP contribution < -0.4 is 5.19 Å². The molecule has 0 saturated carbocycles. The summed E-state index contributed by atoms with van der Waals surface area (Å²) in [5.74, 6) is -0.0159. The number of fused-ring (bicyclic) bond motifs is 1. The fourth-order valence-electron chi connectivity index (χ4n) is 2.69. The standard InChI is InChI=1S/C18H23NO2Si/c1-4-20-22(21-5-2)18-16(12-14(3)13-19)11-10-15-8-6-7-9-17(15)18/h6-11,14,22H,4-5,12H2,1-3H3. The molecule has 0 amide bonds. The number of rotatable bonds is 7. The maximum atomic E-state index is 9.14. The van der Waals surface area contributed by atoms with Crippen molar-refractivity contribution in [3.63, 3.8) is 0 Å². The highest BCUT2D eigenvalue weighted by Gasteiger charge is 2.23. The van der Waals surface area contributed by atoms with Gasteiger partial charge in [0.2, 0.25) is 0 Å². The predicted molar refractivity (Wildman–Crippen MR) is 92.5 cm³/mol. The Hall–Kier alpha value is -1.67. The smallest absolute Gasteiger partial charge is 0.356 e. The van der Waals surface area contributed by atoms with Gasteiger partial charge in [0.25, 0.3) is 0 Å². The van der Waals surface area contributed by atoms with Crippen molar-refractivity contribution >= 4 is 25.2 Å². The Balaban J connectivity index is 2.58. The molecule has 0 N–H and O–H groups in total. The van der Waals surface area contributed by atoms with Crippen molar-refractivity contribution in [2.75, 3.05) is 13.2 Å². The molecule has 0 bridgehead atoms. The molecule has 1 atom stereocenters. The van der Waals surface area contributed by atoms with E-state index >= 15 is 0 Å². The molecule has 0 spiro atoms. The molecule has 3 nitrogen and oxygen atoms in total. The first-order valence-corrected chi connectivity index (χ1v) is 9.36. The minimum absolute atomic E-state index is 0.0159. The average Bonchev–Trinajstić information content (AvgIpc) is 2.54. The summed E-state index contributed by atoms with van der Waals surface area (Å²) < 4.78 is 11.9. The van der Waals surface area contributed by atoms with E-state index in [4.69, 9.17) is 14.1 Å². The lowest BCUT2D eigenvalue weighted by Crippen LogP contribution is -2.40. The second-order valence-electron chi connectivity index (χ2n) is 5.34. The van der Waals surface area contributed by atoms with E-state index < -0.39 is 9.28 Å². The number of nitrogens with zero attached hydrogens (tertiary/aromatic N) is 1. The minimum atomic E-state index is -1.96. The Morgan fingerprint density at radius 2 is 1.77 bits per heavy atom. The topological polar surface area (TPSA) is 42.2 Å². The number of nitriles is 1. The van der Waals surface area contributed by atoms with Crippen LogP contribution in [0.1, 0.15) is 26.3 Å². The lowest BCUT2D eigenvalue weighted by molar-refractivity contribution is 0.225. The third-order valence-corrected chi connectivity index (χ3v) is 6.10. The van der Waals surface area contributed by atoms with Crippen molar-refractivity contribution in [2.24, 2.45) is 5.92 Å². The monoisotopic (exact) mass is 313 g/mol. The molecule has 116 valence electrons. The highest BCUT2D eigenvalue weighted by Crippen LogP contribution is 2.18. The fraction of sp³-hybridized carbons (Fsp3) is 0.389. The van der Waals surface area contributed by atoms with Gasteiger partial charge < -0.3 is 8.85 Å². The van der Waals surface area contributed by atoms with Gasteiger partial charge in [0, 0.05) is 24.3 Å². The summed E-state index contributed by atoms with van der Waals surface area (Å²) in [5.41, 5.74) is 1.19. The summed E-state index contributed by atoms with van der Waals surface area (Å²) in [7, 11) is -1.96. The van der Waals surface area contributed by atoms with E-state index in [9.17, 15) is 0 Å². The van der Waals surface area contributed by atoms with E-state index in [0.717, 1.165) is 6.42 Å². The molecule has 0 heterocycles. The molecule has 0 aliphatic carbocycles. The Labute approximate surface area is 134 Å². The first kappa shape index (κ1) is 16.7. The van der Waals surface area contributed by atoms with Crippen molar-refractivity contribution in [3.8, 4) is 6.07 Å². The van der Waals surface area contributed by atoms with Crippen LogP contribution in [0.25, 0.3) is 10.8 Å². The highest BCUT2D eigenvalue weighted by atomic mass is 28.3. The summed E-state index contributed by atoms with van der Waals surface area (Å²) in [6.45, 7) is 7.25. The first-order chi connectivity index (χ1) is 10.7. The maximum absolute atomic E-state index is 9.14. The lowest BCUT2D eigenvalue weighted by Gasteiger charge is -2.21. The van der Waals surface area contributed by atoms with Crippen LogP contribution in [0.2, 0.25) is 0 Å². The third-order valence-electron chi connectivity index (χ3n) is 3.68. The Kier molecular flexibility index (Phi) is 6.14. The highest BCUT2D eigenvalue weighted by molar-refractivity contribution is 6.65. The van der Waals surface area contributed by atoms with Crippen molar-refractivity contribution < 1.29 is 8.85 Å². The van der Waals surface area contributed by atoms with Gasteiger partial charge in [-0.2, -0.15) is 5.26 Å². The normalized spacial score (nSPS) is 12.5. The molecular weight excluding hydrogens is 290 g/mol. The summed E-state index contributed by atoms with van der Waals surface area (Å²) in [6.07, 6.45) is 0.736. The van der Waals surface area contributed by atoms with E-state index in [1.54, 1.807) is 0 Å². The molecule has 2 aromatic carbocycles. The van der Waals surface area contributed by atoms with Gasteiger partial charge in [-0.25, -0.2) is 0 Å². The number of benzene rings is 2. The van der Waals surface area contributed by atoms with E-state index in [0.29, 0.717) is 13.2 Å². The molecule has 0 radical (unpaired) electrons. The van der Waals surface area contributed by atoms with Crippen LogP contribution in [0, 0.1) is 17.2 Å². The predicted octanol–water partition coefficient (Wildman–Crippen LogP) is 3.04.